The zero-order valence-corrected chi connectivity index (χ0v) is 31.9. The summed E-state index contributed by atoms with van der Waals surface area (Å²) in [7, 11) is 0. The standard InChI is InChI=1S/C51H56/c1-8-11-35-15-16-38-23-31(3)24-46-44(26-33(5)49(35)50(38)46)37-18-21-42-41-20-17-36(28-47(41)51(6,7)48(42)29-37)43-25-32(4)39-19-14-34-22-30(2)12-9-10-13-40(43)45(39)27-34/h8-16,19,22,24-27,31,36-37,41-42,47-48H,5,17-18,20-21,23,28-29H2,1-4,6-7H3/b10-9?,11-8+,12-9?,13-10?,30-12?,30-22?,34-22?,40-13?/t31?,36-,37?,41-,42+,47-,48+/m0/s1. The van der Waals surface area contributed by atoms with Crippen LogP contribution in [0, 0.1) is 48.9 Å². The normalized spacial score (nSPS) is 28.2. The van der Waals surface area contributed by atoms with Crippen LogP contribution in [0.4, 0.5) is 0 Å². The van der Waals surface area contributed by atoms with Gasteiger partial charge in [-0.25, -0.2) is 0 Å². The van der Waals surface area contributed by atoms with Crippen LogP contribution in [0.5, 0.6) is 0 Å². The summed E-state index contributed by atoms with van der Waals surface area (Å²) in [5.41, 5.74) is 9.12. The molecule has 7 atom stereocenters. The highest BCUT2D eigenvalue weighted by molar-refractivity contribution is 6.04. The summed E-state index contributed by atoms with van der Waals surface area (Å²) in [5, 5.41) is 11.3. The Bertz CT molecular complexity index is 2380. The molecule has 0 radical (unpaired) electrons. The molecule has 260 valence electrons. The molecule has 0 aliphatic heterocycles. The fourth-order valence-electron chi connectivity index (χ4n) is 12.4. The van der Waals surface area contributed by atoms with E-state index in [-0.39, 0.29) is 0 Å². The Morgan fingerprint density at radius 1 is 0.725 bits per heavy atom. The second kappa shape index (κ2) is 12.4. The molecule has 5 aromatic carbocycles. The Kier molecular flexibility index (Phi) is 7.99. The van der Waals surface area contributed by atoms with Crippen molar-refractivity contribution in [1.82, 2.24) is 0 Å². The molecule has 0 aromatic heterocycles. The third kappa shape index (κ3) is 5.30. The minimum Gasteiger partial charge on any atom is -0.0911 e. The molecule has 0 amide bonds. The van der Waals surface area contributed by atoms with Crippen LogP contribution in [0.3, 0.4) is 0 Å². The largest absolute Gasteiger partial charge is 0.0911 e. The first-order valence-corrected chi connectivity index (χ1v) is 20.1. The maximum Gasteiger partial charge on any atom is -0.00360 e. The quantitative estimate of drug-likeness (QED) is 0.179. The van der Waals surface area contributed by atoms with E-state index in [1.54, 1.807) is 16.3 Å². The number of rotatable bonds is 3. The molecular formula is C51H56. The van der Waals surface area contributed by atoms with Crippen molar-refractivity contribution in [1.29, 1.82) is 0 Å². The van der Waals surface area contributed by atoms with Crippen molar-refractivity contribution in [3.63, 3.8) is 0 Å². The van der Waals surface area contributed by atoms with E-state index in [2.05, 4.69) is 133 Å². The Hall–Kier alpha value is -3.90. The van der Waals surface area contributed by atoms with Gasteiger partial charge in [-0.1, -0.05) is 118 Å². The summed E-state index contributed by atoms with van der Waals surface area (Å²) in [5.74, 6) is 5.14. The molecule has 51 heavy (non-hydrogen) atoms. The van der Waals surface area contributed by atoms with Crippen molar-refractivity contribution in [3.05, 3.63) is 123 Å². The third-order valence-electron chi connectivity index (χ3n) is 14.6. The van der Waals surface area contributed by atoms with Gasteiger partial charge in [0.05, 0.1) is 0 Å². The molecule has 2 unspecified atom stereocenters. The SMILES string of the molecule is C=c1cc(C2CC[C@@H]3[C@@H]4CC[C@H](c5cc(C)c6ccc7cc(C)ccccc5c6c7)C[C@@H]4C(C)(C)[C@@H]3C2)c2c3c(ccc(/C=C/C)c13)CC(C)C=2. The molecule has 0 N–H and O–H groups in total. The van der Waals surface area contributed by atoms with Crippen LogP contribution in [0.25, 0.3) is 51.0 Å². The van der Waals surface area contributed by atoms with E-state index in [4.69, 9.17) is 6.58 Å². The second-order valence-electron chi connectivity index (χ2n) is 17.9. The van der Waals surface area contributed by atoms with Crippen LogP contribution in [0.1, 0.15) is 111 Å². The number of aryl methyl sites for hydroxylation is 2. The third-order valence-corrected chi connectivity index (χ3v) is 14.6. The van der Waals surface area contributed by atoms with Crippen LogP contribution in [-0.4, -0.2) is 0 Å². The first-order chi connectivity index (χ1) is 24.6. The molecule has 0 heteroatoms. The molecule has 9 rings (SSSR count). The van der Waals surface area contributed by atoms with Gasteiger partial charge in [-0.3, -0.25) is 0 Å². The highest BCUT2D eigenvalue weighted by atomic mass is 14.6. The zero-order valence-electron chi connectivity index (χ0n) is 31.9. The monoisotopic (exact) mass is 668 g/mol. The minimum absolute atomic E-state index is 0.344. The van der Waals surface area contributed by atoms with Gasteiger partial charge in [-0.15, -0.1) is 0 Å². The average molecular weight is 669 g/mol. The van der Waals surface area contributed by atoms with Gasteiger partial charge in [-0.2, -0.15) is 0 Å². The first kappa shape index (κ1) is 33.0. The molecule has 0 saturated heterocycles. The summed E-state index contributed by atoms with van der Waals surface area (Å²) in [6.45, 7) is 19.1. The predicted molar refractivity (Wildman–Crippen MR) is 221 cm³/mol. The van der Waals surface area contributed by atoms with Gasteiger partial charge in [0, 0.05) is 0 Å². The molecule has 5 aromatic rings. The Balaban J connectivity index is 1.07. The summed E-state index contributed by atoms with van der Waals surface area (Å²) >= 11 is 0. The number of hydrogen-bond acceptors (Lipinski definition) is 0. The lowest BCUT2D eigenvalue weighted by Crippen LogP contribution is -2.34. The minimum atomic E-state index is 0.344. The van der Waals surface area contributed by atoms with Gasteiger partial charge < -0.3 is 0 Å². The van der Waals surface area contributed by atoms with Crippen molar-refractivity contribution in [2.45, 2.75) is 98.3 Å². The second-order valence-corrected chi connectivity index (χ2v) is 17.9. The Morgan fingerprint density at radius 2 is 1.45 bits per heavy atom. The van der Waals surface area contributed by atoms with Crippen LogP contribution in [0.2, 0.25) is 0 Å². The Morgan fingerprint density at radius 3 is 2.20 bits per heavy atom. The summed E-state index contributed by atoms with van der Waals surface area (Å²) in [4.78, 5) is 0. The van der Waals surface area contributed by atoms with Crippen LogP contribution in [0.15, 0.2) is 78.9 Å². The van der Waals surface area contributed by atoms with Gasteiger partial charge in [0.1, 0.15) is 0 Å². The molecule has 4 aliphatic carbocycles. The smallest absolute Gasteiger partial charge is 0.00360 e. The van der Waals surface area contributed by atoms with E-state index >= 15 is 0 Å². The van der Waals surface area contributed by atoms with E-state index in [1.807, 2.05) is 0 Å². The van der Waals surface area contributed by atoms with Crippen molar-refractivity contribution in [3.8, 4) is 0 Å². The maximum atomic E-state index is 4.71. The molecule has 0 nitrogen and oxygen atoms in total. The molecule has 3 saturated carbocycles. The fourth-order valence-corrected chi connectivity index (χ4v) is 12.4. The predicted octanol–water partition coefficient (Wildman–Crippen LogP) is 12.5. The summed E-state index contributed by atoms with van der Waals surface area (Å²) in [6.07, 6.45) is 16.3. The van der Waals surface area contributed by atoms with Gasteiger partial charge in [0.25, 0.3) is 0 Å². The lowest BCUT2D eigenvalue weighted by atomic mass is 9.63. The van der Waals surface area contributed by atoms with E-state index in [9.17, 15) is 0 Å². The average Bonchev–Trinajstić information content (AvgIpc) is 3.34. The van der Waals surface area contributed by atoms with Crippen LogP contribution < -0.4 is 10.4 Å². The lowest BCUT2D eigenvalue weighted by molar-refractivity contribution is 0.112. The van der Waals surface area contributed by atoms with Crippen molar-refractivity contribution in [2.75, 3.05) is 0 Å². The molecule has 3 fully saturated rings. The molecule has 2 bridgehead atoms. The number of benzene rings is 4. The van der Waals surface area contributed by atoms with Crippen molar-refractivity contribution >= 4 is 51.0 Å². The lowest BCUT2D eigenvalue weighted by Gasteiger charge is -2.41. The number of hydrogen-bond donors (Lipinski definition) is 0. The van der Waals surface area contributed by atoms with E-state index in [1.165, 1.54) is 98.3 Å². The van der Waals surface area contributed by atoms with Crippen molar-refractivity contribution in [2.24, 2.45) is 35.0 Å². The molecule has 0 heterocycles. The van der Waals surface area contributed by atoms with E-state index in [0.717, 1.165) is 30.1 Å². The topological polar surface area (TPSA) is 0 Å². The number of allylic oxidation sites excluding steroid dienone is 1. The van der Waals surface area contributed by atoms with Crippen LogP contribution >= 0.6 is 0 Å². The molecule has 0 spiro atoms. The number of fused-ring (bicyclic) bond motifs is 4. The summed E-state index contributed by atoms with van der Waals surface area (Å²) < 4.78 is 0. The van der Waals surface area contributed by atoms with Gasteiger partial charge in [0.2, 0.25) is 0 Å². The zero-order chi connectivity index (χ0) is 35.2. The summed E-state index contributed by atoms with van der Waals surface area (Å²) in [6, 6.07) is 28.4. The first-order valence-electron chi connectivity index (χ1n) is 20.1. The van der Waals surface area contributed by atoms with Gasteiger partial charge in [0.15, 0.2) is 0 Å². The van der Waals surface area contributed by atoms with Crippen LogP contribution in [-0.2, 0) is 6.42 Å². The van der Waals surface area contributed by atoms with Crippen molar-refractivity contribution < 1.29 is 0 Å². The van der Waals surface area contributed by atoms with Gasteiger partial charge in [-0.05, 0) is 189 Å². The highest BCUT2D eigenvalue weighted by Crippen LogP contribution is 2.66. The molecular weight excluding hydrogens is 613 g/mol. The van der Waals surface area contributed by atoms with E-state index < -0.39 is 0 Å². The van der Waals surface area contributed by atoms with E-state index in [0.29, 0.717) is 23.2 Å². The van der Waals surface area contributed by atoms with Gasteiger partial charge >= 0.3 is 0 Å². The molecule has 4 aliphatic rings. The maximum absolute atomic E-state index is 4.71. The Labute approximate surface area is 306 Å². The highest BCUT2D eigenvalue weighted by Gasteiger charge is 2.57. The fraction of sp³-hybridized carbons (Fsp3) is 0.412.